The van der Waals surface area contributed by atoms with Crippen LogP contribution in [-0.2, 0) is 4.79 Å². The highest BCUT2D eigenvalue weighted by Gasteiger charge is 2.40. The summed E-state index contributed by atoms with van der Waals surface area (Å²) in [5.74, 6) is 0.771. The molecule has 0 aromatic heterocycles. The zero-order chi connectivity index (χ0) is 20.4. The van der Waals surface area contributed by atoms with Crippen molar-refractivity contribution in [1.29, 1.82) is 0 Å². The summed E-state index contributed by atoms with van der Waals surface area (Å²) >= 11 is 0. The first-order valence-electron chi connectivity index (χ1n) is 11.5. The summed E-state index contributed by atoms with van der Waals surface area (Å²) < 4.78 is 0. The lowest BCUT2D eigenvalue weighted by Gasteiger charge is -2.47. The Hall–Kier alpha value is -1.59. The Morgan fingerprint density at radius 1 is 1.07 bits per heavy atom. The maximum Gasteiger partial charge on any atom is 0.219 e. The number of aliphatic hydroxyl groups is 1. The van der Waals surface area contributed by atoms with Gasteiger partial charge in [-0.2, -0.15) is 0 Å². The van der Waals surface area contributed by atoms with Crippen molar-refractivity contribution in [1.82, 2.24) is 9.80 Å². The second-order valence-electron chi connectivity index (χ2n) is 9.59. The summed E-state index contributed by atoms with van der Waals surface area (Å²) in [4.78, 5) is 18.9. The van der Waals surface area contributed by atoms with Crippen LogP contribution in [0.4, 0.5) is 5.69 Å². The molecule has 160 valence electrons. The Morgan fingerprint density at radius 3 is 2.48 bits per heavy atom. The van der Waals surface area contributed by atoms with Crippen molar-refractivity contribution in [3.05, 3.63) is 29.8 Å². The van der Waals surface area contributed by atoms with Gasteiger partial charge >= 0.3 is 0 Å². The summed E-state index contributed by atoms with van der Waals surface area (Å²) in [7, 11) is 0. The van der Waals surface area contributed by atoms with E-state index < -0.39 is 5.60 Å². The Labute approximate surface area is 175 Å². The predicted molar refractivity (Wildman–Crippen MR) is 117 cm³/mol. The van der Waals surface area contributed by atoms with Crippen LogP contribution < -0.4 is 4.90 Å². The van der Waals surface area contributed by atoms with E-state index in [-0.39, 0.29) is 5.91 Å². The third-order valence-corrected chi connectivity index (χ3v) is 7.47. The van der Waals surface area contributed by atoms with E-state index in [1.54, 1.807) is 6.92 Å². The van der Waals surface area contributed by atoms with Crippen molar-refractivity contribution >= 4 is 11.6 Å². The number of anilines is 1. The fourth-order valence-electron chi connectivity index (χ4n) is 5.63. The Morgan fingerprint density at radius 2 is 1.79 bits per heavy atom. The summed E-state index contributed by atoms with van der Waals surface area (Å²) in [5, 5.41) is 11.4. The minimum atomic E-state index is -0.589. The Balaban J connectivity index is 1.37. The topological polar surface area (TPSA) is 47.0 Å². The average Bonchev–Trinajstić information content (AvgIpc) is 2.91. The van der Waals surface area contributed by atoms with E-state index in [1.165, 1.54) is 30.5 Å². The third kappa shape index (κ3) is 4.77. The highest BCUT2D eigenvalue weighted by molar-refractivity contribution is 5.73. The van der Waals surface area contributed by atoms with Crippen LogP contribution >= 0.6 is 0 Å². The number of carbonyl (C=O) groups excluding carboxylic acids is 1. The number of benzene rings is 1. The Kier molecular flexibility index (Phi) is 6.16. The summed E-state index contributed by atoms with van der Waals surface area (Å²) in [6, 6.07) is 9.25. The van der Waals surface area contributed by atoms with Crippen LogP contribution in [0.25, 0.3) is 0 Å². The quantitative estimate of drug-likeness (QED) is 0.849. The van der Waals surface area contributed by atoms with Gasteiger partial charge in [-0.3, -0.25) is 9.69 Å². The molecule has 2 atom stereocenters. The van der Waals surface area contributed by atoms with Crippen LogP contribution in [0.2, 0.25) is 0 Å². The fourth-order valence-corrected chi connectivity index (χ4v) is 5.63. The zero-order valence-corrected chi connectivity index (χ0v) is 18.1. The lowest BCUT2D eigenvalue weighted by atomic mass is 9.85. The molecule has 29 heavy (non-hydrogen) atoms. The maximum atomic E-state index is 11.8. The number of amides is 1. The van der Waals surface area contributed by atoms with Crippen molar-refractivity contribution in [3.63, 3.8) is 0 Å². The molecule has 4 rings (SSSR count). The molecule has 5 nitrogen and oxygen atoms in total. The molecule has 1 N–H and O–H groups in total. The first kappa shape index (κ1) is 20.7. The molecule has 1 aromatic rings. The largest absolute Gasteiger partial charge is 0.388 e. The first-order valence-corrected chi connectivity index (χ1v) is 11.5. The molecule has 3 saturated heterocycles. The highest BCUT2D eigenvalue weighted by Crippen LogP contribution is 2.33. The van der Waals surface area contributed by atoms with Gasteiger partial charge in [-0.25, -0.2) is 0 Å². The standard InChI is InChI=1S/C24H37N3O2/c1-19-6-8-22(9-7-19)25-15-11-24(29,12-16-25)18-27-13-4-3-5-21-17-26(20(2)28)14-10-23(21)27/h6-9,21,23,29H,3-5,10-18H2,1-2H3/t21-,23+/m1/s1. The van der Waals surface area contributed by atoms with E-state index in [1.807, 2.05) is 4.90 Å². The number of β-amino-alcohol motifs (C(OH)–C–C–N with tert-alkyl or cyclic N) is 1. The van der Waals surface area contributed by atoms with Gasteiger partial charge < -0.3 is 14.9 Å². The lowest BCUT2D eigenvalue weighted by Crippen LogP contribution is -2.57. The zero-order valence-electron chi connectivity index (χ0n) is 18.1. The molecular weight excluding hydrogens is 362 g/mol. The molecule has 5 heteroatoms. The van der Waals surface area contributed by atoms with Gasteiger partial charge in [0.1, 0.15) is 0 Å². The van der Waals surface area contributed by atoms with Crippen LogP contribution in [0.1, 0.15) is 51.0 Å². The molecule has 3 aliphatic heterocycles. The molecule has 3 heterocycles. The number of piperidine rings is 2. The molecule has 3 aliphatic rings. The van der Waals surface area contributed by atoms with E-state index in [0.29, 0.717) is 12.0 Å². The smallest absolute Gasteiger partial charge is 0.219 e. The minimum Gasteiger partial charge on any atom is -0.388 e. The summed E-state index contributed by atoms with van der Waals surface area (Å²) in [6.07, 6.45) is 6.37. The number of rotatable bonds is 3. The molecule has 1 aromatic carbocycles. The lowest BCUT2D eigenvalue weighted by molar-refractivity contribution is -0.132. The van der Waals surface area contributed by atoms with Gasteiger partial charge in [0, 0.05) is 51.4 Å². The highest BCUT2D eigenvalue weighted by atomic mass is 16.3. The number of hydrogen-bond acceptors (Lipinski definition) is 4. The number of carbonyl (C=O) groups is 1. The Bertz CT molecular complexity index is 697. The summed E-state index contributed by atoms with van der Waals surface area (Å²) in [6.45, 7) is 9.29. The normalized spacial score (nSPS) is 28.0. The van der Waals surface area contributed by atoms with Crippen LogP contribution in [-0.4, -0.2) is 71.7 Å². The van der Waals surface area contributed by atoms with E-state index in [2.05, 4.69) is 41.0 Å². The maximum absolute atomic E-state index is 11.8. The van der Waals surface area contributed by atoms with E-state index >= 15 is 0 Å². The molecule has 0 unspecified atom stereocenters. The van der Waals surface area contributed by atoms with Crippen molar-refractivity contribution in [2.24, 2.45) is 5.92 Å². The van der Waals surface area contributed by atoms with Crippen molar-refractivity contribution in [2.75, 3.05) is 44.2 Å². The van der Waals surface area contributed by atoms with Crippen LogP contribution in [0.5, 0.6) is 0 Å². The van der Waals surface area contributed by atoms with Gasteiger partial charge in [0.05, 0.1) is 5.60 Å². The number of hydrogen-bond donors (Lipinski definition) is 1. The van der Waals surface area contributed by atoms with Gasteiger partial charge in [0.15, 0.2) is 0 Å². The number of likely N-dealkylation sites (tertiary alicyclic amines) is 2. The van der Waals surface area contributed by atoms with Crippen molar-refractivity contribution in [2.45, 2.75) is 64.0 Å². The molecule has 0 bridgehead atoms. The van der Waals surface area contributed by atoms with E-state index in [9.17, 15) is 9.90 Å². The molecule has 0 radical (unpaired) electrons. The van der Waals surface area contributed by atoms with Gasteiger partial charge in [-0.1, -0.05) is 24.1 Å². The minimum absolute atomic E-state index is 0.210. The molecule has 3 fully saturated rings. The first-order chi connectivity index (χ1) is 13.9. The summed E-state index contributed by atoms with van der Waals surface area (Å²) in [5.41, 5.74) is 1.96. The van der Waals surface area contributed by atoms with Crippen LogP contribution in [0, 0.1) is 12.8 Å². The van der Waals surface area contributed by atoms with E-state index in [0.717, 1.165) is 58.5 Å². The number of nitrogens with zero attached hydrogens (tertiary/aromatic N) is 3. The van der Waals surface area contributed by atoms with Gasteiger partial charge in [0.2, 0.25) is 5.91 Å². The molecular formula is C24H37N3O2. The molecule has 1 amide bonds. The van der Waals surface area contributed by atoms with Crippen molar-refractivity contribution in [3.8, 4) is 0 Å². The molecule has 0 saturated carbocycles. The molecule has 0 aliphatic carbocycles. The van der Waals surface area contributed by atoms with Crippen molar-refractivity contribution < 1.29 is 9.90 Å². The SMILES string of the molecule is CC(=O)N1CC[C@H]2[C@H](CCCCN2CC2(O)CCN(c3ccc(C)cc3)CC2)C1. The third-order valence-electron chi connectivity index (χ3n) is 7.47. The van der Waals surface area contributed by atoms with Crippen LogP contribution in [0.15, 0.2) is 24.3 Å². The van der Waals surface area contributed by atoms with Gasteiger partial charge in [0.25, 0.3) is 0 Å². The monoisotopic (exact) mass is 399 g/mol. The van der Waals surface area contributed by atoms with Crippen LogP contribution in [0.3, 0.4) is 0 Å². The van der Waals surface area contributed by atoms with E-state index in [4.69, 9.17) is 0 Å². The fraction of sp³-hybridized carbons (Fsp3) is 0.708. The predicted octanol–water partition coefficient (Wildman–Crippen LogP) is 3.05. The average molecular weight is 400 g/mol. The number of fused-ring (bicyclic) bond motifs is 1. The second kappa shape index (κ2) is 8.65. The van der Waals surface area contributed by atoms with Gasteiger partial charge in [-0.15, -0.1) is 0 Å². The molecule has 0 spiro atoms. The van der Waals surface area contributed by atoms with Gasteiger partial charge in [-0.05, 0) is 63.6 Å². The number of aryl methyl sites for hydroxylation is 1. The second-order valence-corrected chi connectivity index (χ2v) is 9.59.